The lowest BCUT2D eigenvalue weighted by Gasteiger charge is -2.27. The molecule has 0 bridgehead atoms. The van der Waals surface area contributed by atoms with Gasteiger partial charge in [-0.1, -0.05) is 11.6 Å². The number of rotatable bonds is 0. The van der Waals surface area contributed by atoms with E-state index in [9.17, 15) is 4.79 Å². The van der Waals surface area contributed by atoms with Crippen LogP contribution in [0.4, 0.5) is 10.5 Å². The molecule has 0 N–H and O–H groups in total. The van der Waals surface area contributed by atoms with Gasteiger partial charge in [-0.25, -0.2) is 4.79 Å². The predicted octanol–water partition coefficient (Wildman–Crippen LogP) is 3.43. The highest BCUT2D eigenvalue weighted by Gasteiger charge is 2.60. The first-order valence-corrected chi connectivity index (χ1v) is 6.90. The maximum Gasteiger partial charge on any atom is 0.416 e. The average Bonchev–Trinajstić information content (AvgIpc) is 3.03. The molecule has 4 nitrogen and oxygen atoms in total. The largest absolute Gasteiger partial charge is 0.443 e. The van der Waals surface area contributed by atoms with Gasteiger partial charge in [-0.3, -0.25) is 9.88 Å². The van der Waals surface area contributed by atoms with Crippen LogP contribution in [0.25, 0.3) is 0 Å². The summed E-state index contributed by atoms with van der Waals surface area (Å²) in [4.78, 5) is 18.1. The Morgan fingerprint density at radius 1 is 1.53 bits per heavy atom. The number of aromatic nitrogens is 1. The summed E-state index contributed by atoms with van der Waals surface area (Å²) in [5.41, 5.74) is 0.895. The third-order valence-electron chi connectivity index (χ3n) is 3.66. The predicted molar refractivity (Wildman–Crippen MR) is 73.5 cm³/mol. The number of carbonyl (C=O) groups excluding carboxylic acids is 1. The summed E-state index contributed by atoms with van der Waals surface area (Å²) >= 11 is 6.52. The van der Waals surface area contributed by atoms with Gasteiger partial charge in [-0.15, -0.1) is 0 Å². The molecule has 1 unspecified atom stereocenters. The molecule has 2 aliphatic rings. The van der Waals surface area contributed by atoms with Gasteiger partial charge in [-0.2, -0.15) is 0 Å². The van der Waals surface area contributed by atoms with Gasteiger partial charge >= 0.3 is 6.09 Å². The molecule has 1 fully saturated rings. The Labute approximate surface area is 117 Å². The van der Waals surface area contributed by atoms with Crippen molar-refractivity contribution in [3.8, 4) is 0 Å². The molecule has 1 amide bonds. The van der Waals surface area contributed by atoms with E-state index in [-0.39, 0.29) is 17.0 Å². The summed E-state index contributed by atoms with van der Waals surface area (Å²) in [6.07, 6.45) is 5.12. The number of hydrogen-bond acceptors (Lipinski definition) is 3. The molecule has 0 radical (unpaired) electrons. The highest BCUT2D eigenvalue weighted by Crippen LogP contribution is 2.61. The van der Waals surface area contributed by atoms with Gasteiger partial charge in [-0.05, 0) is 39.7 Å². The monoisotopic (exact) mass is 280 g/mol. The summed E-state index contributed by atoms with van der Waals surface area (Å²) in [7, 11) is 0. The molecule has 1 saturated carbocycles. The van der Waals surface area contributed by atoms with Crippen molar-refractivity contribution in [2.75, 3.05) is 4.90 Å². The maximum absolute atomic E-state index is 12.3. The summed E-state index contributed by atoms with van der Waals surface area (Å²) < 4.78 is 5.45. The lowest BCUT2D eigenvalue weighted by Crippen LogP contribution is -2.41. The number of ether oxygens (including phenoxy) is 1. The minimum Gasteiger partial charge on any atom is -0.443 e. The molecule has 1 atom stereocenters. The van der Waals surface area contributed by atoms with Crippen molar-refractivity contribution in [3.05, 3.63) is 24.0 Å². The maximum atomic E-state index is 12.3. The summed E-state index contributed by atoms with van der Waals surface area (Å²) in [6.45, 7) is 5.56. The second-order valence-electron chi connectivity index (χ2n) is 6.24. The number of hydrogen-bond donors (Lipinski definition) is 0. The lowest BCUT2D eigenvalue weighted by atomic mass is 10.0. The molecule has 19 heavy (non-hydrogen) atoms. The number of alkyl halides is 1. The van der Waals surface area contributed by atoms with Crippen LogP contribution in [0.2, 0.25) is 0 Å². The average molecular weight is 281 g/mol. The highest BCUT2D eigenvalue weighted by atomic mass is 35.5. The molecular formula is C14H17ClN2O2. The lowest BCUT2D eigenvalue weighted by molar-refractivity contribution is 0.0576. The van der Waals surface area contributed by atoms with E-state index in [1.165, 1.54) is 0 Å². The Kier molecular flexibility index (Phi) is 2.58. The zero-order valence-electron chi connectivity index (χ0n) is 11.3. The molecule has 1 aliphatic heterocycles. The minimum absolute atomic E-state index is 0.109. The second kappa shape index (κ2) is 3.85. The third-order valence-corrected chi connectivity index (χ3v) is 4.27. The zero-order valence-corrected chi connectivity index (χ0v) is 12.1. The molecule has 102 valence electrons. The van der Waals surface area contributed by atoms with E-state index in [2.05, 4.69) is 4.98 Å². The fourth-order valence-corrected chi connectivity index (χ4v) is 3.14. The first-order chi connectivity index (χ1) is 8.85. The van der Waals surface area contributed by atoms with Crippen LogP contribution in [0.1, 0.15) is 39.2 Å². The topological polar surface area (TPSA) is 42.4 Å². The number of anilines is 1. The smallest absolute Gasteiger partial charge is 0.416 e. The van der Waals surface area contributed by atoms with Crippen LogP contribution in [-0.2, 0) is 10.2 Å². The van der Waals surface area contributed by atoms with E-state index in [1.54, 1.807) is 11.1 Å². The number of halogens is 1. The molecule has 0 saturated heterocycles. The SMILES string of the molecule is CC(C)(C)OC(=O)N1c2ccncc2C2(CC2)C1Cl. The Morgan fingerprint density at radius 3 is 2.79 bits per heavy atom. The van der Waals surface area contributed by atoms with Gasteiger partial charge in [0.1, 0.15) is 11.1 Å². The fraction of sp³-hybridized carbons (Fsp3) is 0.571. The van der Waals surface area contributed by atoms with E-state index < -0.39 is 5.60 Å². The van der Waals surface area contributed by atoms with E-state index in [1.807, 2.05) is 33.0 Å². The van der Waals surface area contributed by atoms with Crippen LogP contribution in [0.15, 0.2) is 18.5 Å². The molecule has 1 aliphatic carbocycles. The van der Waals surface area contributed by atoms with Crippen LogP contribution < -0.4 is 4.90 Å². The summed E-state index contributed by atoms with van der Waals surface area (Å²) in [6, 6.07) is 1.84. The molecule has 2 heterocycles. The molecule has 3 rings (SSSR count). The Hall–Kier alpha value is -1.29. The van der Waals surface area contributed by atoms with Crippen LogP contribution in [0, 0.1) is 0 Å². The number of carbonyl (C=O) groups is 1. The summed E-state index contributed by atoms with van der Waals surface area (Å²) in [5, 5.41) is 0. The van der Waals surface area contributed by atoms with E-state index in [0.29, 0.717) is 0 Å². The molecule has 1 spiro atoms. The van der Waals surface area contributed by atoms with Crippen molar-refractivity contribution >= 4 is 23.4 Å². The van der Waals surface area contributed by atoms with Gasteiger partial charge in [0.05, 0.1) is 5.69 Å². The van der Waals surface area contributed by atoms with Crippen molar-refractivity contribution in [1.29, 1.82) is 0 Å². The first-order valence-electron chi connectivity index (χ1n) is 6.46. The zero-order chi connectivity index (χ0) is 13.8. The van der Waals surface area contributed by atoms with Crippen molar-refractivity contribution in [2.24, 2.45) is 0 Å². The van der Waals surface area contributed by atoms with Crippen LogP contribution >= 0.6 is 11.6 Å². The number of fused-ring (bicyclic) bond motifs is 2. The van der Waals surface area contributed by atoms with E-state index in [0.717, 1.165) is 24.1 Å². The molecule has 1 aromatic heterocycles. The Balaban J connectivity index is 1.97. The fourth-order valence-electron chi connectivity index (χ4n) is 2.62. The van der Waals surface area contributed by atoms with Crippen molar-refractivity contribution in [2.45, 2.75) is 50.1 Å². The number of nitrogens with zero attached hydrogens (tertiary/aromatic N) is 2. The van der Waals surface area contributed by atoms with Gasteiger partial charge < -0.3 is 4.74 Å². The van der Waals surface area contributed by atoms with Gasteiger partial charge in [0.2, 0.25) is 0 Å². The third kappa shape index (κ3) is 1.89. The van der Waals surface area contributed by atoms with Gasteiger partial charge in [0, 0.05) is 23.4 Å². The van der Waals surface area contributed by atoms with Crippen molar-refractivity contribution in [1.82, 2.24) is 4.98 Å². The molecule has 0 aromatic carbocycles. The molecule has 5 heteroatoms. The standard InChI is InChI=1S/C14H17ClN2O2/c1-13(2,3)19-12(18)17-10-4-7-16-8-9(10)14(5-6-14)11(17)15/h4,7-8,11H,5-6H2,1-3H3. The number of pyridine rings is 1. The minimum atomic E-state index is -0.528. The van der Waals surface area contributed by atoms with Crippen molar-refractivity contribution in [3.63, 3.8) is 0 Å². The second-order valence-corrected chi connectivity index (χ2v) is 6.65. The van der Waals surface area contributed by atoms with E-state index >= 15 is 0 Å². The van der Waals surface area contributed by atoms with Gasteiger partial charge in [0.25, 0.3) is 0 Å². The molecular weight excluding hydrogens is 264 g/mol. The molecule has 1 aromatic rings. The normalized spacial score (nSPS) is 23.4. The Bertz CT molecular complexity index is 534. The first kappa shape index (κ1) is 12.7. The van der Waals surface area contributed by atoms with Crippen LogP contribution in [0.3, 0.4) is 0 Å². The van der Waals surface area contributed by atoms with Crippen LogP contribution in [0.5, 0.6) is 0 Å². The van der Waals surface area contributed by atoms with Gasteiger partial charge in [0.15, 0.2) is 0 Å². The van der Waals surface area contributed by atoms with E-state index in [4.69, 9.17) is 16.3 Å². The Morgan fingerprint density at radius 2 is 2.21 bits per heavy atom. The summed E-state index contributed by atoms with van der Waals surface area (Å²) in [5.74, 6) is 0. The van der Waals surface area contributed by atoms with Crippen molar-refractivity contribution < 1.29 is 9.53 Å². The number of amides is 1. The highest BCUT2D eigenvalue weighted by molar-refractivity contribution is 6.26. The van der Waals surface area contributed by atoms with Crippen LogP contribution in [-0.4, -0.2) is 22.2 Å². The quantitative estimate of drug-likeness (QED) is 0.540.